The molecule has 1 fully saturated rings. The van der Waals surface area contributed by atoms with Gasteiger partial charge in [0.25, 0.3) is 5.69 Å². The number of thiocarbonyl (C=S) groups is 1. The number of hydrogen-bond acceptors (Lipinski definition) is 8. The Morgan fingerprint density at radius 2 is 2.10 bits per heavy atom. The molecule has 1 aliphatic heterocycles. The number of aromatic nitrogens is 3. The molecular formula is C18H17N7O4S. The minimum absolute atomic E-state index is 0.0128. The van der Waals surface area contributed by atoms with Crippen molar-refractivity contribution in [1.82, 2.24) is 20.0 Å². The van der Waals surface area contributed by atoms with Crippen molar-refractivity contribution >= 4 is 40.6 Å². The topological polar surface area (TPSA) is 144 Å². The lowest BCUT2D eigenvalue weighted by atomic mass is 9.87. The Morgan fingerprint density at radius 3 is 2.77 bits per heavy atom. The number of aryl methyl sites for hydroxylation is 1. The van der Waals surface area contributed by atoms with Crippen LogP contribution in [0.5, 0.6) is 0 Å². The van der Waals surface area contributed by atoms with Gasteiger partial charge in [-0.15, -0.1) is 0 Å². The smallest absolute Gasteiger partial charge is 0.279 e. The molecule has 0 radical (unpaired) electrons. The molecule has 1 saturated heterocycles. The summed E-state index contributed by atoms with van der Waals surface area (Å²) in [5.74, 6) is -0.286. The van der Waals surface area contributed by atoms with Crippen molar-refractivity contribution in [3.05, 3.63) is 61.6 Å². The number of carbonyl (C=O) groups excluding carboxylic acids is 1. The van der Waals surface area contributed by atoms with Crippen LogP contribution in [0, 0.1) is 27.7 Å². The number of nitrogens with zero attached hydrogens (tertiary/aromatic N) is 5. The fourth-order valence-electron chi connectivity index (χ4n) is 3.62. The number of nitro benzene ring substituents is 1. The van der Waals surface area contributed by atoms with E-state index in [2.05, 4.69) is 10.4 Å². The van der Waals surface area contributed by atoms with Gasteiger partial charge in [-0.05, 0) is 18.6 Å². The van der Waals surface area contributed by atoms with Gasteiger partial charge < -0.3 is 15.4 Å². The number of nitro groups is 1. The van der Waals surface area contributed by atoms with Crippen LogP contribution in [0.3, 0.4) is 0 Å². The number of nitrogens with one attached hydrogen (secondary N) is 2. The second-order valence-corrected chi connectivity index (χ2v) is 7.36. The molecule has 30 heavy (non-hydrogen) atoms. The van der Waals surface area contributed by atoms with Crippen LogP contribution in [0.25, 0.3) is 6.20 Å². The average molecular weight is 427 g/mol. The highest BCUT2D eigenvalue weighted by Gasteiger charge is 2.38. The summed E-state index contributed by atoms with van der Waals surface area (Å²) in [7, 11) is 0. The van der Waals surface area contributed by atoms with Crippen molar-refractivity contribution in [3.63, 3.8) is 0 Å². The number of carbonyl (C=O) groups is 1. The van der Waals surface area contributed by atoms with Crippen LogP contribution in [0.15, 0.2) is 18.2 Å². The third-order valence-corrected chi connectivity index (χ3v) is 5.43. The van der Waals surface area contributed by atoms with E-state index < -0.39 is 4.92 Å². The summed E-state index contributed by atoms with van der Waals surface area (Å²) in [5.41, 5.74) is 0.535. The van der Waals surface area contributed by atoms with Crippen molar-refractivity contribution in [2.75, 3.05) is 26.2 Å². The predicted octanol–water partition coefficient (Wildman–Crippen LogP) is 0.131. The van der Waals surface area contributed by atoms with Crippen molar-refractivity contribution in [2.24, 2.45) is 0 Å². The van der Waals surface area contributed by atoms with E-state index in [1.54, 1.807) is 17.9 Å². The summed E-state index contributed by atoms with van der Waals surface area (Å²) >= 11 is 5.43. The van der Waals surface area contributed by atoms with Gasteiger partial charge in [-0.25, -0.2) is 0 Å². The number of fused-ring (bicyclic) bond motifs is 2. The van der Waals surface area contributed by atoms with Crippen LogP contribution in [0.2, 0.25) is 0 Å². The third kappa shape index (κ3) is 3.15. The zero-order valence-electron chi connectivity index (χ0n) is 15.9. The Balaban J connectivity index is 1.78. The molecule has 4 rings (SSSR count). The molecule has 0 spiro atoms. The molecule has 2 heterocycles. The zero-order valence-corrected chi connectivity index (χ0v) is 16.7. The second kappa shape index (κ2) is 7.39. The van der Waals surface area contributed by atoms with Gasteiger partial charge in [0.1, 0.15) is 5.71 Å². The molecule has 1 aromatic heterocycles. The molecule has 0 saturated carbocycles. The van der Waals surface area contributed by atoms with Crippen LogP contribution in [0.4, 0.5) is 5.69 Å². The first-order chi connectivity index (χ1) is 14.3. The van der Waals surface area contributed by atoms with Gasteiger partial charge in [0.2, 0.25) is 5.91 Å². The number of rotatable bonds is 3. The van der Waals surface area contributed by atoms with E-state index in [0.29, 0.717) is 37.3 Å². The molecule has 2 N–H and O–H groups in total. The Labute approximate surface area is 175 Å². The average Bonchev–Trinajstić information content (AvgIpc) is 3.06. The van der Waals surface area contributed by atoms with Gasteiger partial charge in [0.05, 0.1) is 21.6 Å². The first-order valence-corrected chi connectivity index (χ1v) is 9.53. The molecular weight excluding hydrogens is 410 g/mol. The molecule has 0 unspecified atom stereocenters. The maximum Gasteiger partial charge on any atom is 0.279 e. The van der Waals surface area contributed by atoms with E-state index in [1.165, 1.54) is 18.3 Å². The number of hydrogen-bond donors (Lipinski definition) is 2. The van der Waals surface area contributed by atoms with Gasteiger partial charge in [-0.2, -0.15) is 0 Å². The van der Waals surface area contributed by atoms with Gasteiger partial charge in [0, 0.05) is 53.9 Å². The van der Waals surface area contributed by atoms with Crippen molar-refractivity contribution < 1.29 is 14.7 Å². The summed E-state index contributed by atoms with van der Waals surface area (Å²) in [6.07, 6.45) is 2.43. The minimum atomic E-state index is -0.580. The molecule has 1 amide bonds. The molecule has 0 atom stereocenters. The Morgan fingerprint density at radius 1 is 1.40 bits per heavy atom. The van der Waals surface area contributed by atoms with Crippen LogP contribution in [0.1, 0.15) is 28.1 Å². The van der Waals surface area contributed by atoms with Crippen molar-refractivity contribution in [1.29, 1.82) is 5.41 Å². The zero-order chi connectivity index (χ0) is 21.6. The fourth-order valence-corrected chi connectivity index (χ4v) is 3.92. The van der Waals surface area contributed by atoms with Gasteiger partial charge in [-0.1, -0.05) is 16.9 Å². The van der Waals surface area contributed by atoms with Crippen LogP contribution >= 0.6 is 12.2 Å². The highest BCUT2D eigenvalue weighted by atomic mass is 32.1. The van der Waals surface area contributed by atoms with Crippen molar-refractivity contribution in [2.45, 2.75) is 6.92 Å². The molecule has 2 aliphatic rings. The molecule has 154 valence electrons. The molecule has 12 heteroatoms. The number of amides is 1. The van der Waals surface area contributed by atoms with E-state index in [0.717, 1.165) is 4.68 Å². The van der Waals surface area contributed by atoms with E-state index in [4.69, 9.17) is 17.6 Å². The fraction of sp³-hybridized carbons (Fsp3) is 0.278. The highest BCUT2D eigenvalue weighted by molar-refractivity contribution is 7.81. The summed E-state index contributed by atoms with van der Waals surface area (Å²) in [4.78, 5) is 25.4. The van der Waals surface area contributed by atoms with Crippen molar-refractivity contribution in [3.8, 4) is 0 Å². The Kier molecular flexibility index (Phi) is 4.87. The summed E-state index contributed by atoms with van der Waals surface area (Å²) in [6.45, 7) is 4.13. The normalized spacial score (nSPS) is 16.0. The molecule has 1 aliphatic carbocycles. The van der Waals surface area contributed by atoms with Crippen LogP contribution < -0.4 is 10.3 Å². The van der Waals surface area contributed by atoms with Crippen LogP contribution in [-0.2, 0) is 4.79 Å². The molecule has 0 bridgehead atoms. The summed E-state index contributed by atoms with van der Waals surface area (Å²) in [6, 6.07) is 3.00. The lowest BCUT2D eigenvalue weighted by Crippen LogP contribution is -2.46. The first-order valence-electron chi connectivity index (χ1n) is 9.12. The molecule has 1 aromatic carbocycles. The summed E-state index contributed by atoms with van der Waals surface area (Å²) in [5, 5.41) is 39.6. The standard InChI is InChI=1S/C18H17N7O4S/c1-10-8-11-14(12(9-10)24(27)28)15(19)17-16(18(11)30)21-25(29)23(17)5-2-13(26)22-6-3-20-4-7-22/h2,5,8-9,19-20H,3-4,6-7H2,1H3/b5-2+,19-15?. The van der Waals surface area contributed by atoms with Gasteiger partial charge in [0.15, 0.2) is 11.4 Å². The summed E-state index contributed by atoms with van der Waals surface area (Å²) < 4.78 is 0.969. The number of piperazine rings is 1. The van der Waals surface area contributed by atoms with Crippen LogP contribution in [-0.4, -0.2) is 62.3 Å². The number of benzene rings is 1. The largest absolute Gasteiger partial charge is 0.571 e. The first kappa shape index (κ1) is 19.8. The van der Waals surface area contributed by atoms with E-state index in [1.807, 2.05) is 0 Å². The minimum Gasteiger partial charge on any atom is -0.571 e. The van der Waals surface area contributed by atoms with E-state index in [-0.39, 0.29) is 44.1 Å². The van der Waals surface area contributed by atoms with Gasteiger partial charge in [-0.3, -0.25) is 20.3 Å². The maximum atomic E-state index is 12.4. The maximum absolute atomic E-state index is 12.4. The third-order valence-electron chi connectivity index (χ3n) is 5.02. The Hall–Kier alpha value is -3.51. The predicted molar refractivity (Wildman–Crippen MR) is 111 cm³/mol. The quantitative estimate of drug-likeness (QED) is 0.151. The van der Waals surface area contributed by atoms with E-state index in [9.17, 15) is 20.1 Å². The monoisotopic (exact) mass is 427 g/mol. The second-order valence-electron chi connectivity index (χ2n) is 6.95. The molecule has 2 aromatic rings. The van der Waals surface area contributed by atoms with Gasteiger partial charge >= 0.3 is 0 Å². The highest BCUT2D eigenvalue weighted by Crippen LogP contribution is 2.33. The molecule has 11 nitrogen and oxygen atoms in total. The SMILES string of the molecule is Cc1cc2c(c([N+](=O)[O-])c1)C(=N)c1c(n[n+]([O-])n1/C=C/C(=O)N1CCNCC1)C2=S. The lowest BCUT2D eigenvalue weighted by molar-refractivity contribution is -0.737. The Bertz CT molecular complexity index is 1150. The lowest BCUT2D eigenvalue weighted by Gasteiger charge is -2.26. The van der Waals surface area contributed by atoms with E-state index >= 15 is 0 Å².